The number of amides is 1. The minimum atomic E-state index is -0.240. The van der Waals surface area contributed by atoms with Gasteiger partial charge in [-0.15, -0.1) is 0 Å². The van der Waals surface area contributed by atoms with Crippen LogP contribution in [0.25, 0.3) is 16.5 Å². The maximum atomic E-state index is 12.9. The molecule has 1 aliphatic rings. The second-order valence-electron chi connectivity index (χ2n) is 7.96. The Balaban J connectivity index is 1.19. The lowest BCUT2D eigenvalue weighted by Crippen LogP contribution is -2.34. The third-order valence-corrected chi connectivity index (χ3v) is 5.56. The average molecular weight is 428 g/mol. The first-order valence-corrected chi connectivity index (χ1v) is 10.8. The number of aromatic nitrogens is 3. The quantitative estimate of drug-likeness (QED) is 0.467. The van der Waals surface area contributed by atoms with Crippen LogP contribution < -0.4 is 15.7 Å². The molecule has 32 heavy (non-hydrogen) atoms. The first-order chi connectivity index (χ1) is 15.7. The van der Waals surface area contributed by atoms with Crippen molar-refractivity contribution in [2.45, 2.75) is 25.3 Å². The standard InChI is InChI=1S/C25H24N4O3/c30-23(17-32-22-13-12-18-6-4-5-7-20(18)16-22)26-14-15-28-25(31)29(21-8-2-1-3-9-21)24(27-28)19-10-11-19/h1-9,12-13,16,19H,10-11,14-15,17H2,(H,26,30). The second kappa shape index (κ2) is 8.70. The van der Waals surface area contributed by atoms with Crippen molar-refractivity contribution in [3.05, 3.63) is 89.1 Å². The highest BCUT2D eigenvalue weighted by molar-refractivity contribution is 5.84. The van der Waals surface area contributed by atoms with Crippen molar-refractivity contribution >= 4 is 16.7 Å². The third-order valence-electron chi connectivity index (χ3n) is 5.56. The molecule has 0 bridgehead atoms. The van der Waals surface area contributed by atoms with Gasteiger partial charge in [0.2, 0.25) is 0 Å². The van der Waals surface area contributed by atoms with E-state index in [0.29, 0.717) is 24.8 Å². The molecule has 0 unspecified atom stereocenters. The van der Waals surface area contributed by atoms with Gasteiger partial charge in [0.05, 0.1) is 12.2 Å². The van der Waals surface area contributed by atoms with Crippen molar-refractivity contribution in [1.82, 2.24) is 19.7 Å². The van der Waals surface area contributed by atoms with Crippen LogP contribution in [0.1, 0.15) is 24.6 Å². The molecular formula is C25H24N4O3. The molecule has 1 N–H and O–H groups in total. The molecule has 1 saturated carbocycles. The molecule has 0 atom stereocenters. The van der Waals surface area contributed by atoms with Gasteiger partial charge in [-0.3, -0.25) is 4.79 Å². The minimum Gasteiger partial charge on any atom is -0.484 e. The van der Waals surface area contributed by atoms with Gasteiger partial charge in [-0.05, 0) is 47.9 Å². The fourth-order valence-electron chi connectivity index (χ4n) is 3.75. The van der Waals surface area contributed by atoms with Crippen LogP contribution in [-0.4, -0.2) is 33.4 Å². The van der Waals surface area contributed by atoms with Crippen LogP contribution in [-0.2, 0) is 11.3 Å². The van der Waals surface area contributed by atoms with Crippen molar-refractivity contribution in [3.8, 4) is 11.4 Å². The fraction of sp³-hybridized carbons (Fsp3) is 0.240. The Morgan fingerprint density at radius 1 is 1.00 bits per heavy atom. The van der Waals surface area contributed by atoms with E-state index < -0.39 is 0 Å². The van der Waals surface area contributed by atoms with Gasteiger partial charge in [-0.2, -0.15) is 5.10 Å². The number of nitrogens with one attached hydrogen (secondary N) is 1. The lowest BCUT2D eigenvalue weighted by molar-refractivity contribution is -0.123. The van der Waals surface area contributed by atoms with E-state index in [1.165, 1.54) is 4.68 Å². The van der Waals surface area contributed by atoms with Gasteiger partial charge < -0.3 is 10.1 Å². The number of hydrogen-bond donors (Lipinski definition) is 1. The molecule has 0 saturated heterocycles. The summed E-state index contributed by atoms with van der Waals surface area (Å²) in [7, 11) is 0. The molecule has 1 fully saturated rings. The number of para-hydroxylation sites is 1. The fourth-order valence-corrected chi connectivity index (χ4v) is 3.75. The zero-order chi connectivity index (χ0) is 21.9. The highest BCUT2D eigenvalue weighted by Crippen LogP contribution is 2.39. The average Bonchev–Trinajstić information content (AvgIpc) is 3.62. The number of carbonyl (C=O) groups excluding carboxylic acids is 1. The van der Waals surface area contributed by atoms with Crippen molar-refractivity contribution < 1.29 is 9.53 Å². The molecule has 0 aliphatic heterocycles. The zero-order valence-electron chi connectivity index (χ0n) is 17.6. The highest BCUT2D eigenvalue weighted by Gasteiger charge is 2.31. The molecule has 1 aliphatic carbocycles. The molecule has 3 aromatic carbocycles. The van der Waals surface area contributed by atoms with E-state index in [2.05, 4.69) is 10.4 Å². The summed E-state index contributed by atoms with van der Waals surface area (Å²) in [5.41, 5.74) is 0.637. The molecule has 4 aromatic rings. The van der Waals surface area contributed by atoms with Gasteiger partial charge in [-0.1, -0.05) is 48.5 Å². The molecule has 0 radical (unpaired) electrons. The normalized spacial score (nSPS) is 13.2. The lowest BCUT2D eigenvalue weighted by Gasteiger charge is -2.08. The summed E-state index contributed by atoms with van der Waals surface area (Å²) < 4.78 is 8.74. The number of nitrogens with zero attached hydrogens (tertiary/aromatic N) is 3. The summed E-state index contributed by atoms with van der Waals surface area (Å²) >= 11 is 0. The Morgan fingerprint density at radius 3 is 2.53 bits per heavy atom. The SMILES string of the molecule is O=C(COc1ccc2ccccc2c1)NCCn1nc(C2CC2)n(-c2ccccc2)c1=O. The van der Waals surface area contributed by atoms with Crippen molar-refractivity contribution in [3.63, 3.8) is 0 Å². The van der Waals surface area contributed by atoms with Gasteiger partial charge in [0.15, 0.2) is 6.61 Å². The Labute approximate surface area is 185 Å². The highest BCUT2D eigenvalue weighted by atomic mass is 16.5. The number of fused-ring (bicyclic) bond motifs is 1. The van der Waals surface area contributed by atoms with Crippen LogP contribution in [0.3, 0.4) is 0 Å². The van der Waals surface area contributed by atoms with Crippen LogP contribution >= 0.6 is 0 Å². The van der Waals surface area contributed by atoms with Gasteiger partial charge in [0.25, 0.3) is 5.91 Å². The number of carbonyl (C=O) groups is 1. The number of ether oxygens (including phenoxy) is 1. The van der Waals surface area contributed by atoms with Crippen LogP contribution in [0.2, 0.25) is 0 Å². The molecule has 1 aromatic heterocycles. The van der Waals surface area contributed by atoms with E-state index >= 15 is 0 Å². The first-order valence-electron chi connectivity index (χ1n) is 10.8. The van der Waals surface area contributed by atoms with Crippen LogP contribution in [0.15, 0.2) is 77.6 Å². The predicted molar refractivity (Wildman–Crippen MR) is 122 cm³/mol. The van der Waals surface area contributed by atoms with Gasteiger partial charge in [-0.25, -0.2) is 14.0 Å². The van der Waals surface area contributed by atoms with E-state index in [9.17, 15) is 9.59 Å². The van der Waals surface area contributed by atoms with Gasteiger partial charge in [0.1, 0.15) is 11.6 Å². The molecule has 7 nitrogen and oxygen atoms in total. The van der Waals surface area contributed by atoms with Crippen molar-refractivity contribution in [2.75, 3.05) is 13.2 Å². The molecule has 7 heteroatoms. The third kappa shape index (κ3) is 4.27. The Morgan fingerprint density at radius 2 is 1.75 bits per heavy atom. The van der Waals surface area contributed by atoms with Gasteiger partial charge >= 0.3 is 5.69 Å². The summed E-state index contributed by atoms with van der Waals surface area (Å²) in [5, 5.41) is 9.54. The maximum Gasteiger partial charge on any atom is 0.350 e. The van der Waals surface area contributed by atoms with E-state index in [1.807, 2.05) is 72.8 Å². The zero-order valence-corrected chi connectivity index (χ0v) is 17.6. The summed E-state index contributed by atoms with van der Waals surface area (Å²) in [4.78, 5) is 25.2. The molecule has 1 amide bonds. The molecule has 5 rings (SSSR count). The minimum absolute atomic E-state index is 0.0843. The van der Waals surface area contributed by atoms with E-state index in [0.717, 1.165) is 35.1 Å². The van der Waals surface area contributed by atoms with Crippen LogP contribution in [0.5, 0.6) is 5.75 Å². The van der Waals surface area contributed by atoms with E-state index in [4.69, 9.17) is 4.74 Å². The summed E-state index contributed by atoms with van der Waals surface area (Å²) in [6.45, 7) is 0.523. The summed E-state index contributed by atoms with van der Waals surface area (Å²) in [6.07, 6.45) is 2.10. The lowest BCUT2D eigenvalue weighted by atomic mass is 10.1. The maximum absolute atomic E-state index is 12.9. The van der Waals surface area contributed by atoms with Crippen LogP contribution in [0.4, 0.5) is 0 Å². The molecule has 0 spiro atoms. The predicted octanol–water partition coefficient (Wildman–Crippen LogP) is 3.26. The van der Waals surface area contributed by atoms with E-state index in [1.54, 1.807) is 4.57 Å². The summed E-state index contributed by atoms with van der Waals surface area (Å²) in [6, 6.07) is 23.3. The monoisotopic (exact) mass is 428 g/mol. The summed E-state index contributed by atoms with van der Waals surface area (Å²) in [5.74, 6) is 1.53. The number of benzene rings is 3. The number of hydrogen-bond acceptors (Lipinski definition) is 4. The van der Waals surface area contributed by atoms with E-state index in [-0.39, 0.29) is 18.2 Å². The number of rotatable bonds is 8. The van der Waals surface area contributed by atoms with Crippen molar-refractivity contribution in [2.24, 2.45) is 0 Å². The Hall–Kier alpha value is -3.87. The first kappa shape index (κ1) is 20.1. The van der Waals surface area contributed by atoms with Crippen LogP contribution in [0, 0.1) is 0 Å². The Kier molecular flexibility index (Phi) is 5.46. The molecular weight excluding hydrogens is 404 g/mol. The smallest absolute Gasteiger partial charge is 0.350 e. The largest absolute Gasteiger partial charge is 0.484 e. The molecule has 1 heterocycles. The van der Waals surface area contributed by atoms with Gasteiger partial charge in [0, 0.05) is 12.5 Å². The second-order valence-corrected chi connectivity index (χ2v) is 7.96. The van der Waals surface area contributed by atoms with Crippen molar-refractivity contribution in [1.29, 1.82) is 0 Å². The topological polar surface area (TPSA) is 78.2 Å². The molecule has 162 valence electrons. The Bertz CT molecular complexity index is 1310.